The van der Waals surface area contributed by atoms with Gasteiger partial charge in [0.2, 0.25) is 0 Å². The second kappa shape index (κ2) is 4.55. The molecule has 2 rings (SSSR count). The largest absolute Gasteiger partial charge is 0.395 e. The Morgan fingerprint density at radius 2 is 2.29 bits per heavy atom. The molecule has 2 N–H and O–H groups in total. The number of aryl methyl sites for hydroxylation is 1. The first-order valence-electron chi connectivity index (χ1n) is 5.44. The summed E-state index contributed by atoms with van der Waals surface area (Å²) in [5, 5.41) is 16.5. The molecule has 0 unspecified atom stereocenters. The number of nitrogens with one attached hydrogen (secondary N) is 1. The minimum atomic E-state index is -0.184. The molecule has 1 heterocycles. The van der Waals surface area contributed by atoms with E-state index in [0.717, 1.165) is 16.5 Å². The van der Waals surface area contributed by atoms with Gasteiger partial charge in [-0.1, -0.05) is 11.6 Å². The van der Waals surface area contributed by atoms with Crippen LogP contribution in [0.25, 0.3) is 10.9 Å². The van der Waals surface area contributed by atoms with Gasteiger partial charge in [0.05, 0.1) is 12.1 Å². The summed E-state index contributed by atoms with van der Waals surface area (Å²) >= 11 is 0. The average molecular weight is 233 g/mol. The SMILES string of the molecule is Cc1ccc2[nH]nc(C(=O)N(C)CCO)c2c1. The number of likely N-dealkylation sites (N-methyl/N-ethyl adjacent to an activating group) is 1. The first-order valence-corrected chi connectivity index (χ1v) is 5.44. The monoisotopic (exact) mass is 233 g/mol. The molecule has 0 aliphatic heterocycles. The van der Waals surface area contributed by atoms with E-state index in [2.05, 4.69) is 10.2 Å². The van der Waals surface area contributed by atoms with Crippen molar-refractivity contribution < 1.29 is 9.90 Å². The number of hydrogen-bond donors (Lipinski definition) is 2. The van der Waals surface area contributed by atoms with Crippen molar-refractivity contribution in [3.63, 3.8) is 0 Å². The highest BCUT2D eigenvalue weighted by Crippen LogP contribution is 2.18. The van der Waals surface area contributed by atoms with Gasteiger partial charge in [-0.3, -0.25) is 9.89 Å². The number of rotatable bonds is 3. The third-order valence-electron chi connectivity index (χ3n) is 2.70. The molecule has 1 amide bonds. The molecule has 0 aliphatic rings. The number of fused-ring (bicyclic) bond motifs is 1. The summed E-state index contributed by atoms with van der Waals surface area (Å²) in [5.41, 5.74) is 2.33. The van der Waals surface area contributed by atoms with Gasteiger partial charge >= 0.3 is 0 Å². The molecule has 0 bridgehead atoms. The van der Waals surface area contributed by atoms with Crippen molar-refractivity contribution in [1.82, 2.24) is 15.1 Å². The predicted molar refractivity (Wildman–Crippen MR) is 64.9 cm³/mol. The Morgan fingerprint density at radius 3 is 3.00 bits per heavy atom. The number of amides is 1. The summed E-state index contributed by atoms with van der Waals surface area (Å²) in [6.07, 6.45) is 0. The fraction of sp³-hybridized carbons (Fsp3) is 0.333. The van der Waals surface area contributed by atoms with E-state index >= 15 is 0 Å². The number of nitrogens with zero attached hydrogens (tertiary/aromatic N) is 2. The van der Waals surface area contributed by atoms with Crippen LogP contribution < -0.4 is 0 Å². The van der Waals surface area contributed by atoms with E-state index < -0.39 is 0 Å². The second-order valence-electron chi connectivity index (χ2n) is 4.07. The van der Waals surface area contributed by atoms with Gasteiger partial charge in [-0.15, -0.1) is 0 Å². The van der Waals surface area contributed by atoms with Crippen LogP contribution >= 0.6 is 0 Å². The minimum absolute atomic E-state index is 0.0520. The molecule has 0 radical (unpaired) electrons. The summed E-state index contributed by atoms with van der Waals surface area (Å²) in [6.45, 7) is 2.22. The Morgan fingerprint density at radius 1 is 1.53 bits per heavy atom. The van der Waals surface area contributed by atoms with Gasteiger partial charge < -0.3 is 10.0 Å². The van der Waals surface area contributed by atoms with Gasteiger partial charge in [-0.05, 0) is 19.1 Å². The number of H-pyrrole nitrogens is 1. The van der Waals surface area contributed by atoms with Crippen LogP contribution in [0.2, 0.25) is 0 Å². The molecule has 5 nitrogen and oxygen atoms in total. The van der Waals surface area contributed by atoms with Crippen LogP contribution in [0.3, 0.4) is 0 Å². The van der Waals surface area contributed by atoms with Gasteiger partial charge in [0, 0.05) is 19.0 Å². The van der Waals surface area contributed by atoms with Crippen molar-refractivity contribution in [1.29, 1.82) is 0 Å². The highest BCUT2D eigenvalue weighted by atomic mass is 16.3. The van der Waals surface area contributed by atoms with Gasteiger partial charge in [0.15, 0.2) is 5.69 Å². The van der Waals surface area contributed by atoms with Crippen molar-refractivity contribution in [2.24, 2.45) is 0 Å². The third-order valence-corrected chi connectivity index (χ3v) is 2.70. The van der Waals surface area contributed by atoms with Crippen LogP contribution in [-0.4, -0.2) is 46.3 Å². The first kappa shape index (κ1) is 11.6. The van der Waals surface area contributed by atoms with Gasteiger partial charge in [-0.25, -0.2) is 0 Å². The number of aromatic amines is 1. The summed E-state index contributed by atoms with van der Waals surface area (Å²) < 4.78 is 0. The molecule has 1 aromatic carbocycles. The summed E-state index contributed by atoms with van der Waals surface area (Å²) in [5.74, 6) is -0.184. The quantitative estimate of drug-likeness (QED) is 0.828. The lowest BCUT2D eigenvalue weighted by atomic mass is 10.1. The van der Waals surface area contributed by atoms with Crippen LogP contribution in [0.1, 0.15) is 16.1 Å². The van der Waals surface area contributed by atoms with Crippen molar-refractivity contribution in [3.05, 3.63) is 29.5 Å². The van der Waals surface area contributed by atoms with E-state index in [4.69, 9.17) is 5.11 Å². The lowest BCUT2D eigenvalue weighted by Gasteiger charge is -2.13. The number of benzene rings is 1. The summed E-state index contributed by atoms with van der Waals surface area (Å²) in [6, 6.07) is 5.80. The molecular weight excluding hydrogens is 218 g/mol. The van der Waals surface area contributed by atoms with Crippen molar-refractivity contribution in [2.75, 3.05) is 20.2 Å². The van der Waals surface area contributed by atoms with Crippen molar-refractivity contribution in [2.45, 2.75) is 6.92 Å². The summed E-state index contributed by atoms with van der Waals surface area (Å²) in [4.78, 5) is 13.5. The van der Waals surface area contributed by atoms with Crippen molar-refractivity contribution in [3.8, 4) is 0 Å². The van der Waals surface area contributed by atoms with Crippen molar-refractivity contribution >= 4 is 16.8 Å². The van der Waals surface area contributed by atoms with Gasteiger partial charge in [0.1, 0.15) is 0 Å². The third kappa shape index (κ3) is 2.14. The fourth-order valence-corrected chi connectivity index (χ4v) is 1.72. The van der Waals surface area contributed by atoms with E-state index in [9.17, 15) is 4.79 Å². The number of hydrogen-bond acceptors (Lipinski definition) is 3. The predicted octanol–water partition coefficient (Wildman–Crippen LogP) is 0.936. The zero-order valence-corrected chi connectivity index (χ0v) is 9.90. The second-order valence-corrected chi connectivity index (χ2v) is 4.07. The maximum Gasteiger partial charge on any atom is 0.274 e. The average Bonchev–Trinajstić information content (AvgIpc) is 2.71. The maximum atomic E-state index is 12.1. The van der Waals surface area contributed by atoms with Crippen LogP contribution in [-0.2, 0) is 0 Å². The normalized spacial score (nSPS) is 10.8. The molecule has 0 fully saturated rings. The molecule has 0 atom stereocenters. The van der Waals surface area contributed by atoms with Gasteiger partial charge in [-0.2, -0.15) is 5.10 Å². The molecule has 2 aromatic rings. The smallest absolute Gasteiger partial charge is 0.274 e. The Kier molecular flexibility index (Phi) is 3.10. The zero-order chi connectivity index (χ0) is 12.4. The summed E-state index contributed by atoms with van der Waals surface area (Å²) in [7, 11) is 1.65. The highest BCUT2D eigenvalue weighted by Gasteiger charge is 2.17. The Hall–Kier alpha value is -1.88. The fourth-order valence-electron chi connectivity index (χ4n) is 1.72. The Labute approximate surface area is 99.1 Å². The van der Waals surface area contributed by atoms with E-state index in [-0.39, 0.29) is 12.5 Å². The Bertz CT molecular complexity index is 548. The highest BCUT2D eigenvalue weighted by molar-refractivity contribution is 6.04. The van der Waals surface area contributed by atoms with Gasteiger partial charge in [0.25, 0.3) is 5.91 Å². The molecule has 17 heavy (non-hydrogen) atoms. The molecule has 0 saturated heterocycles. The molecule has 5 heteroatoms. The van der Waals surface area contributed by atoms with Crippen LogP contribution in [0, 0.1) is 6.92 Å². The number of aromatic nitrogens is 2. The van der Waals surface area contributed by atoms with E-state index in [1.165, 1.54) is 4.90 Å². The molecular formula is C12H15N3O2. The molecule has 0 spiro atoms. The molecule has 90 valence electrons. The number of aliphatic hydroxyl groups is 1. The number of carbonyl (C=O) groups is 1. The maximum absolute atomic E-state index is 12.1. The lowest BCUT2D eigenvalue weighted by molar-refractivity contribution is 0.0763. The topological polar surface area (TPSA) is 69.2 Å². The molecule has 1 aromatic heterocycles. The van der Waals surface area contributed by atoms with Crippen LogP contribution in [0.15, 0.2) is 18.2 Å². The molecule has 0 aliphatic carbocycles. The number of aliphatic hydroxyl groups excluding tert-OH is 1. The zero-order valence-electron chi connectivity index (χ0n) is 9.90. The van der Waals surface area contributed by atoms with Crippen LogP contribution in [0.5, 0.6) is 0 Å². The standard InChI is InChI=1S/C12H15N3O2/c1-8-3-4-10-9(7-8)11(14-13-10)12(17)15(2)5-6-16/h3-4,7,16H,5-6H2,1-2H3,(H,13,14). The first-order chi connectivity index (χ1) is 8.13. The minimum Gasteiger partial charge on any atom is -0.395 e. The van der Waals surface area contributed by atoms with E-state index in [0.29, 0.717) is 12.2 Å². The van der Waals surface area contributed by atoms with Crippen LogP contribution in [0.4, 0.5) is 0 Å². The molecule has 0 saturated carbocycles. The number of carbonyl (C=O) groups excluding carboxylic acids is 1. The lowest BCUT2D eigenvalue weighted by Crippen LogP contribution is -2.29. The Balaban J connectivity index is 2.41. The van der Waals surface area contributed by atoms with E-state index in [1.807, 2.05) is 25.1 Å². The van der Waals surface area contributed by atoms with E-state index in [1.54, 1.807) is 7.05 Å².